The average molecular weight is 797 g/mol. The summed E-state index contributed by atoms with van der Waals surface area (Å²) in [5.74, 6) is 0.572. The van der Waals surface area contributed by atoms with Gasteiger partial charge in [-0.05, 0) is 35.7 Å². The first-order chi connectivity index (χ1) is 24.1. The molecule has 0 fully saturated rings. The molecule has 0 radical (unpaired) electrons. The summed E-state index contributed by atoms with van der Waals surface area (Å²) in [7, 11) is -7.90. The Morgan fingerprint density at radius 1 is 0.431 bits per heavy atom. The van der Waals surface area contributed by atoms with E-state index >= 15 is 0 Å². The molecule has 51 heavy (non-hydrogen) atoms. The van der Waals surface area contributed by atoms with E-state index in [-0.39, 0.29) is 90.4 Å². The van der Waals surface area contributed by atoms with E-state index < -0.39 is 20.2 Å². The third-order valence-electron chi connectivity index (χ3n) is 6.40. The van der Waals surface area contributed by atoms with Crippen molar-refractivity contribution in [1.82, 2.24) is 0 Å². The van der Waals surface area contributed by atoms with E-state index in [9.17, 15) is 16.8 Å². The fourth-order valence-electron chi connectivity index (χ4n) is 4.06. The Labute approximate surface area is 345 Å². The van der Waals surface area contributed by atoms with Crippen molar-refractivity contribution >= 4 is 31.0 Å². The number of hydrogen-bond donors (Lipinski definition) is 2. The van der Waals surface area contributed by atoms with Crippen LogP contribution in [0, 0.1) is 0 Å². The van der Waals surface area contributed by atoms with E-state index in [1.165, 1.54) is 0 Å². The van der Waals surface area contributed by atoms with Gasteiger partial charge in [0.05, 0.1) is 104 Å². The van der Waals surface area contributed by atoms with Crippen LogP contribution in [0.3, 0.4) is 0 Å². The predicted octanol–water partition coefficient (Wildman–Crippen LogP) is -0.597. The van der Waals surface area contributed by atoms with Gasteiger partial charge in [-0.2, -0.15) is 16.8 Å². The summed E-state index contributed by atoms with van der Waals surface area (Å²) < 4.78 is 115. The second-order valence-electron chi connectivity index (χ2n) is 10.5. The molecule has 0 saturated heterocycles. The van der Waals surface area contributed by atoms with Crippen LogP contribution in [0.1, 0.15) is 14.3 Å². The molecule has 0 atom stereocenters. The molecule has 0 saturated carbocycles. The molecule has 2 rings (SSSR count). The second kappa shape index (κ2) is 30.7. The van der Waals surface area contributed by atoms with Crippen LogP contribution in [0.15, 0.2) is 36.4 Å². The molecule has 0 aliphatic heterocycles. The summed E-state index contributed by atoms with van der Waals surface area (Å²) in [6, 6.07) is 11.8. The van der Waals surface area contributed by atoms with Crippen LogP contribution in [-0.4, -0.2) is 156 Å². The Morgan fingerprint density at radius 2 is 0.686 bits per heavy atom. The van der Waals surface area contributed by atoms with E-state index in [1.807, 2.05) is 36.4 Å². The third-order valence-corrected chi connectivity index (χ3v) is 8.01. The summed E-state index contributed by atoms with van der Waals surface area (Å²) in [4.78, 5) is 0. The Kier molecular flexibility index (Phi) is 29.2. The molecule has 2 aromatic carbocycles. The molecule has 0 aliphatic carbocycles. The number of benzene rings is 2. The van der Waals surface area contributed by atoms with Gasteiger partial charge in [0, 0.05) is 13.2 Å². The van der Waals surface area contributed by atoms with Gasteiger partial charge in [0.2, 0.25) is 0 Å². The Morgan fingerprint density at radius 3 is 0.961 bits per heavy atom. The summed E-state index contributed by atoms with van der Waals surface area (Å²) in [5.41, 5.74) is 0. The fraction of sp³-hybridized carbons (Fsp3) is 0.688. The summed E-state index contributed by atoms with van der Waals surface area (Å²) >= 11 is 0. The van der Waals surface area contributed by atoms with Crippen molar-refractivity contribution in [3.63, 3.8) is 0 Å². The van der Waals surface area contributed by atoms with Crippen LogP contribution in [0.2, 0.25) is 0 Å². The molecule has 290 valence electrons. The molecular formula is C32H53KO16S2. The predicted molar refractivity (Wildman–Crippen MR) is 185 cm³/mol. The van der Waals surface area contributed by atoms with Gasteiger partial charge < -0.3 is 48.8 Å². The van der Waals surface area contributed by atoms with E-state index in [4.69, 9.17) is 56.5 Å². The van der Waals surface area contributed by atoms with Gasteiger partial charge in [-0.15, -0.1) is 0 Å². The first-order valence-corrected chi connectivity index (χ1v) is 19.7. The molecule has 0 amide bonds. The Bertz CT molecular complexity index is 1270. The minimum Gasteiger partial charge on any atom is -1.00 e. The van der Waals surface area contributed by atoms with Crippen molar-refractivity contribution in [2.75, 3.05) is 130 Å². The Balaban J connectivity index is 0.0000130. The smallest absolute Gasteiger partial charge is 1.00 e. The van der Waals surface area contributed by atoms with Crippen LogP contribution in [0.5, 0.6) is 11.5 Å². The van der Waals surface area contributed by atoms with Crippen molar-refractivity contribution < 1.29 is 126 Å². The van der Waals surface area contributed by atoms with Crippen LogP contribution in [-0.2, 0) is 58.1 Å². The zero-order valence-corrected chi connectivity index (χ0v) is 34.2. The zero-order valence-electron chi connectivity index (χ0n) is 30.4. The molecule has 0 aromatic heterocycles. The van der Waals surface area contributed by atoms with E-state index in [2.05, 4.69) is 0 Å². The van der Waals surface area contributed by atoms with Crippen molar-refractivity contribution in [1.29, 1.82) is 0 Å². The van der Waals surface area contributed by atoms with E-state index in [0.717, 1.165) is 10.8 Å². The number of hydrogen-bond acceptors (Lipinski definition) is 14. The standard InChI is InChI=1S/C32H52O16S2.K.H/c33-49(34,35)25-3-7-39-9-11-41-13-15-43-17-19-45-21-23-47-31-27-29-5-1-2-6-30(29)28-32(31)48-24-22-46-20-18-44-16-14-42-12-10-40-8-4-26-50(36,37)38;;/h1-2,5-6,27-28H,3-4,7-26H2,(H,33,34,35)(H,36,37,38);;/q;+1;-1. The summed E-state index contributed by atoms with van der Waals surface area (Å²) in [6.07, 6.45) is 0.458. The zero-order chi connectivity index (χ0) is 36.2. The Hall–Kier alpha value is -0.564. The van der Waals surface area contributed by atoms with Gasteiger partial charge in [-0.3, -0.25) is 9.11 Å². The normalized spacial score (nSPS) is 11.9. The molecule has 2 aromatic rings. The first-order valence-electron chi connectivity index (χ1n) is 16.4. The van der Waals surface area contributed by atoms with Gasteiger partial charge in [-0.25, -0.2) is 0 Å². The molecule has 19 heteroatoms. The summed E-state index contributed by atoms with van der Waals surface area (Å²) in [5, 5.41) is 2.05. The molecule has 0 aliphatic rings. The van der Waals surface area contributed by atoms with E-state index in [1.54, 1.807) is 0 Å². The van der Waals surface area contributed by atoms with E-state index in [0.29, 0.717) is 117 Å². The minimum atomic E-state index is -3.95. The van der Waals surface area contributed by atoms with Crippen molar-refractivity contribution in [3.8, 4) is 11.5 Å². The monoisotopic (exact) mass is 796 g/mol. The summed E-state index contributed by atoms with van der Waals surface area (Å²) in [6.45, 7) is 6.40. The molecule has 0 heterocycles. The van der Waals surface area contributed by atoms with Crippen molar-refractivity contribution in [2.45, 2.75) is 12.8 Å². The molecular weight excluding hydrogens is 744 g/mol. The van der Waals surface area contributed by atoms with Crippen LogP contribution in [0.25, 0.3) is 10.8 Å². The maximum atomic E-state index is 10.6. The topological polar surface area (TPSA) is 201 Å². The SMILES string of the molecule is O=S(=O)(O)CCCOCCOCCOCCOCCOc1cc2ccccc2cc1OCCOCCOCCOCCOCCCS(=O)(=O)O.[H-].[K+]. The molecule has 16 nitrogen and oxygen atoms in total. The quantitative estimate of drug-likeness (QED) is 0.0517. The maximum Gasteiger partial charge on any atom is 1.00 e. The van der Waals surface area contributed by atoms with Crippen LogP contribution in [0.4, 0.5) is 0 Å². The largest absolute Gasteiger partial charge is 1.00 e. The second-order valence-corrected chi connectivity index (χ2v) is 13.7. The van der Waals surface area contributed by atoms with Gasteiger partial charge in [0.25, 0.3) is 20.2 Å². The average Bonchev–Trinajstić information content (AvgIpc) is 3.06. The van der Waals surface area contributed by atoms with Crippen LogP contribution >= 0.6 is 0 Å². The molecule has 0 spiro atoms. The maximum absolute atomic E-state index is 10.6. The molecule has 2 N–H and O–H groups in total. The van der Waals surface area contributed by atoms with Gasteiger partial charge in [0.15, 0.2) is 11.5 Å². The molecule has 0 bridgehead atoms. The minimum absolute atomic E-state index is 0. The van der Waals surface area contributed by atoms with Gasteiger partial charge in [-0.1, -0.05) is 24.3 Å². The fourth-order valence-corrected chi connectivity index (χ4v) is 5.02. The van der Waals surface area contributed by atoms with Crippen molar-refractivity contribution in [2.24, 2.45) is 0 Å². The van der Waals surface area contributed by atoms with Gasteiger partial charge >= 0.3 is 51.4 Å². The number of rotatable bonds is 34. The van der Waals surface area contributed by atoms with Crippen LogP contribution < -0.4 is 60.9 Å². The van der Waals surface area contributed by atoms with Gasteiger partial charge in [0.1, 0.15) is 13.2 Å². The first kappa shape index (κ1) is 48.5. The van der Waals surface area contributed by atoms with Crippen molar-refractivity contribution in [3.05, 3.63) is 36.4 Å². The number of fused-ring (bicyclic) bond motifs is 1. The third kappa shape index (κ3) is 28.5. The number of ether oxygens (including phenoxy) is 10. The molecule has 0 unspecified atom stereocenters.